The van der Waals surface area contributed by atoms with Crippen molar-refractivity contribution in [2.45, 2.75) is 12.7 Å². The SMILES string of the molecule is CNCc1ccc(-c2ccc(C(F)(F)F)cc2)nc1. The van der Waals surface area contributed by atoms with Crippen molar-refractivity contribution < 1.29 is 13.2 Å². The van der Waals surface area contributed by atoms with E-state index in [2.05, 4.69) is 10.3 Å². The molecule has 0 fully saturated rings. The van der Waals surface area contributed by atoms with Crippen LogP contribution in [0.1, 0.15) is 11.1 Å². The fourth-order valence-corrected chi connectivity index (χ4v) is 1.73. The summed E-state index contributed by atoms with van der Waals surface area (Å²) in [6.45, 7) is 0.709. The van der Waals surface area contributed by atoms with Gasteiger partial charge in [0.25, 0.3) is 0 Å². The van der Waals surface area contributed by atoms with Gasteiger partial charge in [-0.3, -0.25) is 4.98 Å². The van der Waals surface area contributed by atoms with Gasteiger partial charge in [0.1, 0.15) is 0 Å². The summed E-state index contributed by atoms with van der Waals surface area (Å²) >= 11 is 0. The summed E-state index contributed by atoms with van der Waals surface area (Å²) in [6.07, 6.45) is -2.59. The van der Waals surface area contributed by atoms with Gasteiger partial charge in [0.15, 0.2) is 0 Å². The summed E-state index contributed by atoms with van der Waals surface area (Å²) in [5.74, 6) is 0. The van der Waals surface area contributed by atoms with Crippen molar-refractivity contribution in [2.24, 2.45) is 0 Å². The first-order chi connectivity index (χ1) is 9.00. The smallest absolute Gasteiger partial charge is 0.316 e. The molecule has 2 rings (SSSR count). The molecule has 0 aliphatic carbocycles. The van der Waals surface area contributed by atoms with E-state index >= 15 is 0 Å². The minimum atomic E-state index is -4.30. The Hall–Kier alpha value is -1.88. The monoisotopic (exact) mass is 266 g/mol. The number of hydrogen-bond donors (Lipinski definition) is 1. The highest BCUT2D eigenvalue weighted by Gasteiger charge is 2.29. The first kappa shape index (κ1) is 13.5. The quantitative estimate of drug-likeness (QED) is 0.919. The predicted molar refractivity (Wildman–Crippen MR) is 67.4 cm³/mol. The highest BCUT2D eigenvalue weighted by molar-refractivity contribution is 5.59. The molecule has 19 heavy (non-hydrogen) atoms. The second-order valence-corrected chi connectivity index (χ2v) is 4.16. The lowest BCUT2D eigenvalue weighted by Gasteiger charge is -2.07. The van der Waals surface area contributed by atoms with Crippen LogP contribution in [0.2, 0.25) is 0 Å². The molecular weight excluding hydrogens is 253 g/mol. The average molecular weight is 266 g/mol. The Morgan fingerprint density at radius 3 is 2.21 bits per heavy atom. The van der Waals surface area contributed by atoms with Gasteiger partial charge >= 0.3 is 6.18 Å². The molecule has 1 N–H and O–H groups in total. The van der Waals surface area contributed by atoms with Crippen LogP contribution in [0.15, 0.2) is 42.6 Å². The molecule has 0 saturated carbocycles. The number of rotatable bonds is 3. The summed E-state index contributed by atoms with van der Waals surface area (Å²) in [5.41, 5.74) is 1.71. The molecule has 1 heterocycles. The molecule has 1 aromatic heterocycles. The molecule has 0 atom stereocenters. The van der Waals surface area contributed by atoms with E-state index in [0.29, 0.717) is 17.8 Å². The van der Waals surface area contributed by atoms with Crippen molar-refractivity contribution in [2.75, 3.05) is 7.05 Å². The van der Waals surface area contributed by atoms with Crippen LogP contribution >= 0.6 is 0 Å². The van der Waals surface area contributed by atoms with Crippen LogP contribution in [-0.4, -0.2) is 12.0 Å². The number of pyridine rings is 1. The van der Waals surface area contributed by atoms with E-state index in [9.17, 15) is 13.2 Å². The van der Waals surface area contributed by atoms with Gasteiger partial charge in [-0.05, 0) is 30.8 Å². The van der Waals surface area contributed by atoms with Crippen LogP contribution in [0.3, 0.4) is 0 Å². The minimum absolute atomic E-state index is 0.650. The molecule has 0 amide bonds. The molecule has 0 saturated heterocycles. The maximum absolute atomic E-state index is 12.4. The Balaban J connectivity index is 2.22. The lowest BCUT2D eigenvalue weighted by Crippen LogP contribution is -2.05. The van der Waals surface area contributed by atoms with E-state index in [1.807, 2.05) is 13.1 Å². The normalized spacial score (nSPS) is 11.6. The van der Waals surface area contributed by atoms with Crippen LogP contribution in [0, 0.1) is 0 Å². The maximum Gasteiger partial charge on any atom is 0.416 e. The van der Waals surface area contributed by atoms with Crippen LogP contribution in [0.5, 0.6) is 0 Å². The zero-order chi connectivity index (χ0) is 13.9. The van der Waals surface area contributed by atoms with E-state index in [-0.39, 0.29) is 0 Å². The Morgan fingerprint density at radius 1 is 1.05 bits per heavy atom. The first-order valence-corrected chi connectivity index (χ1v) is 5.78. The lowest BCUT2D eigenvalue weighted by atomic mass is 10.1. The fraction of sp³-hybridized carbons (Fsp3) is 0.214. The Kier molecular flexibility index (Phi) is 3.85. The largest absolute Gasteiger partial charge is 0.416 e. The van der Waals surface area contributed by atoms with E-state index in [1.165, 1.54) is 12.1 Å². The Labute approximate surface area is 109 Å². The lowest BCUT2D eigenvalue weighted by molar-refractivity contribution is -0.137. The van der Waals surface area contributed by atoms with Crippen LogP contribution < -0.4 is 5.32 Å². The molecular formula is C14H13F3N2. The highest BCUT2D eigenvalue weighted by Crippen LogP contribution is 2.30. The van der Waals surface area contributed by atoms with Crippen LogP contribution in [-0.2, 0) is 12.7 Å². The summed E-state index contributed by atoms with van der Waals surface area (Å²) in [4.78, 5) is 4.24. The number of aromatic nitrogens is 1. The minimum Gasteiger partial charge on any atom is -0.316 e. The van der Waals surface area contributed by atoms with Gasteiger partial charge in [-0.1, -0.05) is 18.2 Å². The van der Waals surface area contributed by atoms with Crippen molar-refractivity contribution in [3.8, 4) is 11.3 Å². The van der Waals surface area contributed by atoms with Crippen molar-refractivity contribution in [3.63, 3.8) is 0 Å². The van der Waals surface area contributed by atoms with E-state index in [4.69, 9.17) is 0 Å². The van der Waals surface area contributed by atoms with E-state index < -0.39 is 11.7 Å². The third kappa shape index (κ3) is 3.32. The number of nitrogens with zero attached hydrogens (tertiary/aromatic N) is 1. The molecule has 0 aliphatic rings. The van der Waals surface area contributed by atoms with Gasteiger partial charge in [-0.25, -0.2) is 0 Å². The highest BCUT2D eigenvalue weighted by atomic mass is 19.4. The van der Waals surface area contributed by atoms with Crippen LogP contribution in [0.4, 0.5) is 13.2 Å². The Bertz CT molecular complexity index is 530. The van der Waals surface area contributed by atoms with Gasteiger partial charge in [-0.2, -0.15) is 13.2 Å². The van der Waals surface area contributed by atoms with Crippen molar-refractivity contribution >= 4 is 0 Å². The molecule has 0 bridgehead atoms. The van der Waals surface area contributed by atoms with Gasteiger partial charge < -0.3 is 5.32 Å². The summed E-state index contributed by atoms with van der Waals surface area (Å²) in [7, 11) is 1.84. The van der Waals surface area contributed by atoms with E-state index in [0.717, 1.165) is 17.7 Å². The molecule has 0 spiro atoms. The second kappa shape index (κ2) is 5.40. The molecule has 0 aliphatic heterocycles. The first-order valence-electron chi connectivity index (χ1n) is 5.78. The van der Waals surface area contributed by atoms with Gasteiger partial charge in [-0.15, -0.1) is 0 Å². The van der Waals surface area contributed by atoms with Crippen LogP contribution in [0.25, 0.3) is 11.3 Å². The average Bonchev–Trinajstić information content (AvgIpc) is 2.39. The topological polar surface area (TPSA) is 24.9 Å². The fourth-order valence-electron chi connectivity index (χ4n) is 1.73. The maximum atomic E-state index is 12.4. The van der Waals surface area contributed by atoms with Crippen molar-refractivity contribution in [1.82, 2.24) is 10.3 Å². The number of halogens is 3. The summed E-state index contributed by atoms with van der Waals surface area (Å²) in [5, 5.41) is 3.00. The number of benzene rings is 1. The third-order valence-electron chi connectivity index (χ3n) is 2.71. The van der Waals surface area contributed by atoms with Gasteiger partial charge in [0.2, 0.25) is 0 Å². The van der Waals surface area contributed by atoms with Gasteiger partial charge in [0, 0.05) is 18.3 Å². The molecule has 2 aromatic rings. The molecule has 2 nitrogen and oxygen atoms in total. The predicted octanol–water partition coefficient (Wildman–Crippen LogP) is 3.49. The van der Waals surface area contributed by atoms with Crippen molar-refractivity contribution in [3.05, 3.63) is 53.7 Å². The third-order valence-corrected chi connectivity index (χ3v) is 2.71. The molecule has 0 radical (unpaired) electrons. The summed E-state index contributed by atoms with van der Waals surface area (Å²) in [6, 6.07) is 8.70. The number of hydrogen-bond acceptors (Lipinski definition) is 2. The molecule has 1 aromatic carbocycles. The zero-order valence-electron chi connectivity index (χ0n) is 10.3. The van der Waals surface area contributed by atoms with Gasteiger partial charge in [0.05, 0.1) is 11.3 Å². The van der Waals surface area contributed by atoms with E-state index in [1.54, 1.807) is 12.3 Å². The summed E-state index contributed by atoms with van der Waals surface area (Å²) < 4.78 is 37.3. The number of alkyl halides is 3. The second-order valence-electron chi connectivity index (χ2n) is 4.16. The van der Waals surface area contributed by atoms with Crippen molar-refractivity contribution in [1.29, 1.82) is 0 Å². The molecule has 0 unspecified atom stereocenters. The molecule has 100 valence electrons. The molecule has 5 heteroatoms. The number of nitrogens with one attached hydrogen (secondary N) is 1. The Morgan fingerprint density at radius 2 is 1.74 bits per heavy atom. The zero-order valence-corrected chi connectivity index (χ0v) is 10.3. The standard InChI is InChI=1S/C14H13F3N2/c1-18-8-10-2-7-13(19-9-10)11-3-5-12(6-4-11)14(15,16)17/h2-7,9,18H,8H2,1H3.